The molecule has 2 rings (SSSR count). The predicted molar refractivity (Wildman–Crippen MR) is 101 cm³/mol. The first-order valence-corrected chi connectivity index (χ1v) is 9.16. The molecule has 152 valence electrons. The number of carbonyl (C=O) groups excluding carboxylic acids is 2. The van der Waals surface area contributed by atoms with Crippen LogP contribution in [-0.4, -0.2) is 41.9 Å². The van der Waals surface area contributed by atoms with Crippen LogP contribution in [0, 0.1) is 5.82 Å². The van der Waals surface area contributed by atoms with Crippen molar-refractivity contribution < 1.29 is 32.9 Å². The molecular formula is C17H17BrClFN2O6. The number of halogens is 3. The van der Waals surface area contributed by atoms with E-state index in [1.807, 2.05) is 0 Å². The minimum atomic E-state index is -1.24. The summed E-state index contributed by atoms with van der Waals surface area (Å²) < 4.78 is 35.8. The summed E-state index contributed by atoms with van der Waals surface area (Å²) in [6.45, 7) is 3.03. The fourth-order valence-corrected chi connectivity index (χ4v) is 3.23. The quantitative estimate of drug-likeness (QED) is 0.450. The normalized spacial score (nSPS) is 11.7. The maximum Gasteiger partial charge on any atom is 0.511 e. The number of methoxy groups -OCH3 is 1. The highest BCUT2D eigenvalue weighted by molar-refractivity contribution is 9.10. The van der Waals surface area contributed by atoms with Gasteiger partial charge in [-0.2, -0.15) is 5.10 Å². The van der Waals surface area contributed by atoms with Gasteiger partial charge in [0.1, 0.15) is 16.0 Å². The van der Waals surface area contributed by atoms with E-state index in [2.05, 4.69) is 25.8 Å². The molecule has 0 bridgehead atoms. The topological polar surface area (TPSA) is 88.9 Å². The molecule has 0 aliphatic carbocycles. The van der Waals surface area contributed by atoms with Gasteiger partial charge < -0.3 is 18.9 Å². The molecule has 8 nitrogen and oxygen atoms in total. The van der Waals surface area contributed by atoms with Crippen LogP contribution in [0.1, 0.15) is 24.2 Å². The van der Waals surface area contributed by atoms with E-state index < -0.39 is 24.2 Å². The van der Waals surface area contributed by atoms with E-state index in [9.17, 15) is 14.0 Å². The molecule has 1 unspecified atom stereocenters. The predicted octanol–water partition coefficient (Wildman–Crippen LogP) is 4.33. The van der Waals surface area contributed by atoms with E-state index in [1.54, 1.807) is 14.0 Å². The van der Waals surface area contributed by atoms with Crippen LogP contribution in [0.5, 0.6) is 5.88 Å². The zero-order chi connectivity index (χ0) is 21.0. The van der Waals surface area contributed by atoms with Crippen LogP contribution in [0.25, 0.3) is 11.3 Å². The van der Waals surface area contributed by atoms with Gasteiger partial charge in [-0.05, 0) is 35.0 Å². The maximum atomic E-state index is 14.5. The fraction of sp³-hybridized carbons (Fsp3) is 0.353. The average molecular weight is 480 g/mol. The summed E-state index contributed by atoms with van der Waals surface area (Å²) in [6.07, 6.45) is -2.23. The number of esters is 1. The van der Waals surface area contributed by atoms with Gasteiger partial charge in [-0.15, -0.1) is 0 Å². The highest BCUT2D eigenvalue weighted by Crippen LogP contribution is 2.37. The second-order valence-electron chi connectivity index (χ2n) is 5.38. The summed E-state index contributed by atoms with van der Waals surface area (Å²) in [4.78, 5) is 23.7. The first-order chi connectivity index (χ1) is 13.2. The first kappa shape index (κ1) is 22.0. The van der Waals surface area contributed by atoms with Gasteiger partial charge in [0.2, 0.25) is 12.2 Å². The number of rotatable bonds is 6. The average Bonchev–Trinajstić information content (AvgIpc) is 2.88. The third-order valence-corrected chi connectivity index (χ3v) is 4.49. The molecule has 0 saturated heterocycles. The zero-order valence-electron chi connectivity index (χ0n) is 15.4. The lowest BCUT2D eigenvalue weighted by Gasteiger charge is -2.14. The second kappa shape index (κ2) is 9.24. The summed E-state index contributed by atoms with van der Waals surface area (Å²) in [5.74, 6) is -1.24. The Balaban J connectivity index is 2.33. The van der Waals surface area contributed by atoms with Crippen LogP contribution in [0.15, 0.2) is 16.6 Å². The number of nitrogens with zero attached hydrogens (tertiary/aromatic N) is 2. The molecule has 0 aliphatic rings. The highest BCUT2D eigenvalue weighted by atomic mass is 79.9. The monoisotopic (exact) mass is 478 g/mol. The Morgan fingerprint density at radius 3 is 2.61 bits per heavy atom. The Morgan fingerprint density at radius 2 is 2.04 bits per heavy atom. The third-order valence-electron chi connectivity index (χ3n) is 3.46. The Kier molecular flexibility index (Phi) is 7.25. The molecule has 0 N–H and O–H groups in total. The molecular weight excluding hydrogens is 463 g/mol. The van der Waals surface area contributed by atoms with Crippen LogP contribution in [0.2, 0.25) is 5.02 Å². The molecule has 0 aliphatic heterocycles. The molecule has 0 fully saturated rings. The minimum Gasteiger partial charge on any atom is -0.480 e. The van der Waals surface area contributed by atoms with Crippen molar-refractivity contribution >= 4 is 39.7 Å². The van der Waals surface area contributed by atoms with Crippen molar-refractivity contribution in [3.8, 4) is 17.1 Å². The number of ether oxygens (including phenoxy) is 4. The molecule has 11 heteroatoms. The first-order valence-electron chi connectivity index (χ1n) is 7.99. The zero-order valence-corrected chi connectivity index (χ0v) is 17.8. The van der Waals surface area contributed by atoms with E-state index in [-0.39, 0.29) is 28.5 Å². The standard InChI is InChI=1S/C17H17BrClFN2O6/c1-5-26-17(24)28-8(2)27-16(23)9-6-10(12(20)7-11(9)19)14-13(18)15(25-4)22(3)21-14/h6-8H,5H2,1-4H3. The van der Waals surface area contributed by atoms with E-state index in [1.165, 1.54) is 24.8 Å². The van der Waals surface area contributed by atoms with Gasteiger partial charge in [-0.1, -0.05) is 11.6 Å². The van der Waals surface area contributed by atoms with Crippen LogP contribution >= 0.6 is 27.5 Å². The lowest BCUT2D eigenvalue weighted by molar-refractivity contribution is -0.0811. The van der Waals surface area contributed by atoms with Crippen LogP contribution in [0.4, 0.5) is 9.18 Å². The van der Waals surface area contributed by atoms with Crippen molar-refractivity contribution in [1.29, 1.82) is 0 Å². The van der Waals surface area contributed by atoms with Gasteiger partial charge in [-0.25, -0.2) is 18.7 Å². The summed E-state index contributed by atoms with van der Waals surface area (Å²) in [6, 6.07) is 2.17. The highest BCUT2D eigenvalue weighted by Gasteiger charge is 2.24. The number of hydrogen-bond acceptors (Lipinski definition) is 7. The largest absolute Gasteiger partial charge is 0.511 e. The van der Waals surface area contributed by atoms with Gasteiger partial charge in [-0.3, -0.25) is 0 Å². The van der Waals surface area contributed by atoms with Gasteiger partial charge in [0.15, 0.2) is 0 Å². The van der Waals surface area contributed by atoms with Gasteiger partial charge in [0.05, 0.1) is 24.3 Å². The van der Waals surface area contributed by atoms with Gasteiger partial charge in [0.25, 0.3) is 0 Å². The van der Waals surface area contributed by atoms with Crippen LogP contribution in [0.3, 0.4) is 0 Å². The molecule has 0 radical (unpaired) electrons. The molecule has 0 amide bonds. The summed E-state index contributed by atoms with van der Waals surface area (Å²) in [5.41, 5.74) is 0.0772. The number of benzene rings is 1. The number of carbonyl (C=O) groups is 2. The molecule has 1 atom stereocenters. The minimum absolute atomic E-state index is 0.00101. The van der Waals surface area contributed by atoms with E-state index in [4.69, 9.17) is 25.8 Å². The molecule has 0 saturated carbocycles. The maximum absolute atomic E-state index is 14.5. The Morgan fingerprint density at radius 1 is 1.36 bits per heavy atom. The number of aromatic nitrogens is 2. The molecule has 28 heavy (non-hydrogen) atoms. The lowest BCUT2D eigenvalue weighted by Crippen LogP contribution is -2.22. The van der Waals surface area contributed by atoms with E-state index in [0.29, 0.717) is 10.4 Å². The van der Waals surface area contributed by atoms with Crippen molar-refractivity contribution in [3.63, 3.8) is 0 Å². The van der Waals surface area contributed by atoms with Crippen molar-refractivity contribution in [1.82, 2.24) is 9.78 Å². The van der Waals surface area contributed by atoms with Gasteiger partial charge >= 0.3 is 12.1 Å². The van der Waals surface area contributed by atoms with Crippen LogP contribution < -0.4 is 4.74 Å². The molecule has 2 aromatic rings. The third kappa shape index (κ3) is 4.74. The SMILES string of the molecule is CCOC(=O)OC(C)OC(=O)c1cc(-c2nn(C)c(OC)c2Br)c(F)cc1Cl. The lowest BCUT2D eigenvalue weighted by atomic mass is 10.1. The number of hydrogen-bond donors (Lipinski definition) is 0. The van der Waals surface area contributed by atoms with Crippen molar-refractivity contribution in [2.45, 2.75) is 20.1 Å². The molecule has 1 heterocycles. The van der Waals surface area contributed by atoms with Crippen molar-refractivity contribution in [2.24, 2.45) is 7.05 Å². The summed E-state index contributed by atoms with van der Waals surface area (Å²) in [7, 11) is 3.06. The number of aryl methyl sites for hydroxylation is 1. The van der Waals surface area contributed by atoms with E-state index in [0.717, 1.165) is 6.07 Å². The van der Waals surface area contributed by atoms with E-state index >= 15 is 0 Å². The Hall–Kier alpha value is -2.33. The van der Waals surface area contributed by atoms with Crippen molar-refractivity contribution in [2.75, 3.05) is 13.7 Å². The van der Waals surface area contributed by atoms with Crippen molar-refractivity contribution in [3.05, 3.63) is 33.0 Å². The molecule has 0 spiro atoms. The van der Waals surface area contributed by atoms with Crippen LogP contribution in [-0.2, 0) is 21.3 Å². The Labute approximate surface area is 173 Å². The smallest absolute Gasteiger partial charge is 0.480 e. The van der Waals surface area contributed by atoms with Gasteiger partial charge in [0, 0.05) is 19.5 Å². The second-order valence-corrected chi connectivity index (χ2v) is 6.58. The summed E-state index contributed by atoms with van der Waals surface area (Å²) >= 11 is 9.29. The molecule has 1 aromatic carbocycles. The summed E-state index contributed by atoms with van der Waals surface area (Å²) in [5, 5.41) is 4.01. The molecule has 1 aromatic heterocycles. The Bertz CT molecular complexity index is 904. The fourth-order valence-electron chi connectivity index (χ4n) is 2.29.